The van der Waals surface area contributed by atoms with Crippen molar-refractivity contribution in [3.05, 3.63) is 66.1 Å². The zero-order valence-electron chi connectivity index (χ0n) is 18.0. The van der Waals surface area contributed by atoms with Crippen LogP contribution in [0.25, 0.3) is 11.5 Å². The van der Waals surface area contributed by atoms with Crippen LogP contribution in [0.2, 0.25) is 0 Å². The van der Waals surface area contributed by atoms with E-state index >= 15 is 0 Å². The molecule has 1 amide bonds. The van der Waals surface area contributed by atoms with Crippen molar-refractivity contribution in [1.82, 2.24) is 15.1 Å². The van der Waals surface area contributed by atoms with Gasteiger partial charge in [0.15, 0.2) is 6.61 Å². The smallest absolute Gasteiger partial charge is 0.260 e. The number of likely N-dealkylation sites (tertiary alicyclic amines) is 1. The van der Waals surface area contributed by atoms with Crippen LogP contribution in [0.15, 0.2) is 59.0 Å². The third kappa shape index (κ3) is 5.72. The van der Waals surface area contributed by atoms with E-state index in [0.717, 1.165) is 50.8 Å². The molecule has 0 unspecified atom stereocenters. The monoisotopic (exact) mass is 419 g/mol. The quantitative estimate of drug-likeness (QED) is 0.536. The number of hydrogen-bond acceptors (Lipinski definition) is 5. The fourth-order valence-corrected chi connectivity index (χ4v) is 3.95. The Morgan fingerprint density at radius 1 is 1.06 bits per heavy atom. The average Bonchev–Trinajstić information content (AvgIpc) is 3.28. The van der Waals surface area contributed by atoms with Crippen molar-refractivity contribution >= 4 is 5.91 Å². The molecule has 1 aliphatic heterocycles. The molecule has 2 heterocycles. The maximum absolute atomic E-state index is 12.6. The van der Waals surface area contributed by atoms with Gasteiger partial charge in [0.25, 0.3) is 5.91 Å². The maximum atomic E-state index is 12.6. The number of rotatable bonds is 8. The number of piperidine rings is 1. The van der Waals surface area contributed by atoms with Gasteiger partial charge in [-0.1, -0.05) is 37.3 Å². The average molecular weight is 420 g/mol. The van der Waals surface area contributed by atoms with Gasteiger partial charge in [-0.2, -0.15) is 0 Å². The molecule has 4 rings (SSSR count). The first-order chi connectivity index (χ1) is 15.2. The second-order valence-electron chi connectivity index (χ2n) is 8.08. The summed E-state index contributed by atoms with van der Waals surface area (Å²) in [5.41, 5.74) is 2.22. The predicted octanol–water partition coefficient (Wildman–Crippen LogP) is 4.55. The van der Waals surface area contributed by atoms with Crippen LogP contribution in [-0.2, 0) is 17.6 Å². The minimum atomic E-state index is 0.0448. The van der Waals surface area contributed by atoms with Crippen LogP contribution in [0.4, 0.5) is 0 Å². The zero-order chi connectivity index (χ0) is 21.5. The number of nitrogens with zero attached hydrogens (tertiary/aromatic N) is 3. The first-order valence-electron chi connectivity index (χ1n) is 11.1. The molecule has 1 aliphatic rings. The minimum Gasteiger partial charge on any atom is -0.484 e. The molecule has 6 nitrogen and oxygen atoms in total. The zero-order valence-corrected chi connectivity index (χ0v) is 18.0. The fourth-order valence-electron chi connectivity index (χ4n) is 3.95. The number of aromatic nitrogens is 2. The molecule has 162 valence electrons. The lowest BCUT2D eigenvalue weighted by atomic mass is 9.90. The summed E-state index contributed by atoms with van der Waals surface area (Å²) >= 11 is 0. The lowest BCUT2D eigenvalue weighted by Gasteiger charge is -2.32. The van der Waals surface area contributed by atoms with Crippen LogP contribution in [0.1, 0.15) is 37.6 Å². The summed E-state index contributed by atoms with van der Waals surface area (Å²) in [4.78, 5) is 14.5. The Labute approximate surface area is 183 Å². The van der Waals surface area contributed by atoms with Crippen molar-refractivity contribution in [2.75, 3.05) is 19.7 Å². The van der Waals surface area contributed by atoms with Crippen LogP contribution >= 0.6 is 0 Å². The third-order valence-electron chi connectivity index (χ3n) is 5.73. The summed E-state index contributed by atoms with van der Waals surface area (Å²) in [6, 6.07) is 18.0. The van der Waals surface area contributed by atoms with Crippen molar-refractivity contribution in [3.63, 3.8) is 0 Å². The van der Waals surface area contributed by atoms with Crippen molar-refractivity contribution in [2.45, 2.75) is 39.0 Å². The molecule has 0 N–H and O–H groups in total. The van der Waals surface area contributed by atoms with E-state index in [-0.39, 0.29) is 12.5 Å². The molecular formula is C25H29N3O3. The molecule has 3 aromatic rings. The summed E-state index contributed by atoms with van der Waals surface area (Å²) in [6.07, 6.45) is 4.91. The van der Waals surface area contributed by atoms with Gasteiger partial charge in [-0.25, -0.2) is 0 Å². The summed E-state index contributed by atoms with van der Waals surface area (Å²) < 4.78 is 11.4. The Morgan fingerprint density at radius 3 is 2.52 bits per heavy atom. The number of benzene rings is 2. The van der Waals surface area contributed by atoms with E-state index in [9.17, 15) is 4.79 Å². The van der Waals surface area contributed by atoms with Gasteiger partial charge in [-0.05, 0) is 61.4 Å². The summed E-state index contributed by atoms with van der Waals surface area (Å²) in [7, 11) is 0. The molecule has 6 heteroatoms. The molecule has 31 heavy (non-hydrogen) atoms. The maximum Gasteiger partial charge on any atom is 0.260 e. The van der Waals surface area contributed by atoms with Crippen molar-refractivity contribution in [2.24, 2.45) is 5.92 Å². The standard InChI is InChI=1S/C25H29N3O3/c1-2-6-23-26-27-25(31-23)21-9-11-22(12-10-21)30-18-24(29)28-15-13-20(14-16-28)17-19-7-4-3-5-8-19/h3-5,7-12,20H,2,6,13-18H2,1H3. The molecule has 0 aliphatic carbocycles. The van der Waals surface area contributed by atoms with E-state index in [0.29, 0.717) is 23.4 Å². The van der Waals surface area contributed by atoms with E-state index in [1.165, 1.54) is 5.56 Å². The lowest BCUT2D eigenvalue weighted by molar-refractivity contribution is -0.134. The lowest BCUT2D eigenvalue weighted by Crippen LogP contribution is -2.41. The first-order valence-corrected chi connectivity index (χ1v) is 11.1. The SMILES string of the molecule is CCCc1nnc(-c2ccc(OCC(=O)N3CCC(Cc4ccccc4)CC3)cc2)o1. The Kier molecular flexibility index (Phi) is 6.97. The second-order valence-corrected chi connectivity index (χ2v) is 8.08. The predicted molar refractivity (Wildman–Crippen MR) is 119 cm³/mol. The second kappa shape index (κ2) is 10.2. The Morgan fingerprint density at radius 2 is 1.81 bits per heavy atom. The Bertz CT molecular complexity index is 961. The molecule has 0 saturated carbocycles. The molecule has 0 bridgehead atoms. The van der Waals surface area contributed by atoms with E-state index in [2.05, 4.69) is 41.4 Å². The number of carbonyl (C=O) groups excluding carboxylic acids is 1. The third-order valence-corrected chi connectivity index (χ3v) is 5.73. The van der Waals surface area contributed by atoms with Gasteiger partial charge in [0.05, 0.1) is 0 Å². The molecule has 1 fully saturated rings. The topological polar surface area (TPSA) is 68.5 Å². The number of amides is 1. The van der Waals surface area contributed by atoms with E-state index in [4.69, 9.17) is 9.15 Å². The molecule has 1 aromatic heterocycles. The molecule has 0 radical (unpaired) electrons. The first kappa shape index (κ1) is 21.1. The van der Waals surface area contributed by atoms with Gasteiger partial charge < -0.3 is 14.1 Å². The van der Waals surface area contributed by atoms with Gasteiger partial charge >= 0.3 is 0 Å². The highest BCUT2D eigenvalue weighted by atomic mass is 16.5. The van der Waals surface area contributed by atoms with Crippen molar-refractivity contribution < 1.29 is 13.9 Å². The summed E-state index contributed by atoms with van der Waals surface area (Å²) in [5, 5.41) is 8.13. The largest absolute Gasteiger partial charge is 0.484 e. The van der Waals surface area contributed by atoms with Gasteiger partial charge in [-0.15, -0.1) is 10.2 Å². The highest BCUT2D eigenvalue weighted by Gasteiger charge is 2.23. The van der Waals surface area contributed by atoms with Gasteiger partial charge in [-0.3, -0.25) is 4.79 Å². The highest BCUT2D eigenvalue weighted by Crippen LogP contribution is 2.23. The minimum absolute atomic E-state index is 0.0448. The number of hydrogen-bond donors (Lipinski definition) is 0. The van der Waals surface area contributed by atoms with E-state index in [1.807, 2.05) is 35.2 Å². The highest BCUT2D eigenvalue weighted by molar-refractivity contribution is 5.77. The molecular weight excluding hydrogens is 390 g/mol. The molecule has 1 saturated heterocycles. The van der Waals surface area contributed by atoms with E-state index in [1.54, 1.807) is 0 Å². The number of ether oxygens (including phenoxy) is 1. The van der Waals surface area contributed by atoms with Crippen LogP contribution in [0.5, 0.6) is 5.75 Å². The number of carbonyl (C=O) groups is 1. The van der Waals surface area contributed by atoms with Crippen molar-refractivity contribution in [1.29, 1.82) is 0 Å². The molecule has 0 atom stereocenters. The molecule has 2 aromatic carbocycles. The van der Waals surface area contributed by atoms with Crippen LogP contribution in [0.3, 0.4) is 0 Å². The summed E-state index contributed by atoms with van der Waals surface area (Å²) in [6.45, 7) is 3.74. The van der Waals surface area contributed by atoms with Gasteiger partial charge in [0, 0.05) is 25.1 Å². The molecule has 0 spiro atoms. The van der Waals surface area contributed by atoms with Crippen LogP contribution in [0, 0.1) is 5.92 Å². The van der Waals surface area contributed by atoms with Gasteiger partial charge in [0.2, 0.25) is 11.8 Å². The normalized spacial score (nSPS) is 14.5. The Balaban J connectivity index is 1.22. The van der Waals surface area contributed by atoms with Crippen molar-refractivity contribution in [3.8, 4) is 17.2 Å². The fraction of sp³-hybridized carbons (Fsp3) is 0.400. The van der Waals surface area contributed by atoms with Gasteiger partial charge in [0.1, 0.15) is 5.75 Å². The van der Waals surface area contributed by atoms with E-state index < -0.39 is 0 Å². The van der Waals surface area contributed by atoms with Crippen LogP contribution in [-0.4, -0.2) is 40.7 Å². The summed E-state index contributed by atoms with van der Waals surface area (Å²) in [5.74, 6) is 2.50. The number of aryl methyl sites for hydroxylation is 1. The van der Waals surface area contributed by atoms with Crippen LogP contribution < -0.4 is 4.74 Å². The Hall–Kier alpha value is -3.15.